The van der Waals surface area contributed by atoms with E-state index in [-0.39, 0.29) is 5.82 Å². The summed E-state index contributed by atoms with van der Waals surface area (Å²) in [4.78, 5) is 0. The van der Waals surface area contributed by atoms with Gasteiger partial charge in [-0.05, 0) is 31.4 Å². The van der Waals surface area contributed by atoms with E-state index in [1.54, 1.807) is 23.9 Å². The first-order valence-corrected chi connectivity index (χ1v) is 5.91. The average molecular weight is 247 g/mol. The van der Waals surface area contributed by atoms with E-state index in [2.05, 4.69) is 5.10 Å². The molecule has 0 atom stereocenters. The van der Waals surface area contributed by atoms with Crippen molar-refractivity contribution in [3.05, 3.63) is 35.3 Å². The van der Waals surface area contributed by atoms with Crippen LogP contribution in [0.15, 0.2) is 18.2 Å². The molecule has 0 bridgehead atoms. The van der Waals surface area contributed by atoms with Crippen molar-refractivity contribution in [2.45, 2.75) is 19.3 Å². The number of ether oxygens (including phenoxy) is 1. The summed E-state index contributed by atoms with van der Waals surface area (Å²) in [5, 5.41) is 4.24. The zero-order valence-corrected chi connectivity index (χ0v) is 10.1. The van der Waals surface area contributed by atoms with Crippen LogP contribution < -0.4 is 10.5 Å². The first-order chi connectivity index (χ1) is 8.70. The van der Waals surface area contributed by atoms with Gasteiger partial charge in [0.25, 0.3) is 0 Å². The number of hydrogen-bond acceptors (Lipinski definition) is 3. The molecule has 0 radical (unpaired) electrons. The van der Waals surface area contributed by atoms with Gasteiger partial charge in [-0.15, -0.1) is 0 Å². The van der Waals surface area contributed by atoms with Crippen LogP contribution in [-0.2, 0) is 12.8 Å². The van der Waals surface area contributed by atoms with E-state index in [0.29, 0.717) is 17.3 Å². The fraction of sp³-hybridized carbons (Fsp3) is 0.308. The molecular formula is C13H14FN3O. The molecule has 0 unspecified atom stereocenters. The Labute approximate surface area is 104 Å². The van der Waals surface area contributed by atoms with Crippen molar-refractivity contribution in [2.75, 3.05) is 12.8 Å². The van der Waals surface area contributed by atoms with Crippen molar-refractivity contribution in [2.24, 2.45) is 0 Å². The minimum atomic E-state index is -0.326. The lowest BCUT2D eigenvalue weighted by Crippen LogP contribution is -2.04. The second-order valence-electron chi connectivity index (χ2n) is 4.39. The smallest absolute Gasteiger partial charge is 0.149 e. The summed E-state index contributed by atoms with van der Waals surface area (Å²) >= 11 is 0. The molecule has 4 nitrogen and oxygen atoms in total. The van der Waals surface area contributed by atoms with E-state index in [4.69, 9.17) is 10.5 Å². The molecule has 0 saturated heterocycles. The Bertz CT molecular complexity index is 607. The lowest BCUT2D eigenvalue weighted by atomic mass is 10.2. The van der Waals surface area contributed by atoms with E-state index in [1.807, 2.05) is 0 Å². The minimum absolute atomic E-state index is 0.326. The number of nitrogens with zero attached hydrogens (tertiary/aromatic N) is 2. The Morgan fingerprint density at radius 2 is 2.22 bits per heavy atom. The van der Waals surface area contributed by atoms with Crippen molar-refractivity contribution in [3.8, 4) is 11.4 Å². The summed E-state index contributed by atoms with van der Waals surface area (Å²) < 4.78 is 20.6. The van der Waals surface area contributed by atoms with Crippen LogP contribution in [0.1, 0.15) is 17.7 Å². The van der Waals surface area contributed by atoms with Crippen molar-refractivity contribution in [1.82, 2.24) is 9.78 Å². The molecule has 0 amide bonds. The Morgan fingerprint density at radius 1 is 1.39 bits per heavy atom. The van der Waals surface area contributed by atoms with Gasteiger partial charge < -0.3 is 10.5 Å². The number of nitrogen functional groups attached to an aromatic ring is 1. The van der Waals surface area contributed by atoms with Crippen LogP contribution in [-0.4, -0.2) is 16.9 Å². The quantitative estimate of drug-likeness (QED) is 0.884. The number of halogens is 1. The molecule has 1 aromatic carbocycles. The lowest BCUT2D eigenvalue weighted by Gasteiger charge is -2.08. The highest BCUT2D eigenvalue weighted by molar-refractivity contribution is 5.50. The number of methoxy groups -OCH3 is 1. The molecule has 0 aliphatic heterocycles. The summed E-state index contributed by atoms with van der Waals surface area (Å²) in [6.07, 6.45) is 2.85. The first kappa shape index (κ1) is 11.1. The van der Waals surface area contributed by atoms with Gasteiger partial charge in [0, 0.05) is 17.3 Å². The summed E-state index contributed by atoms with van der Waals surface area (Å²) in [5.74, 6) is 0.782. The molecule has 1 aliphatic carbocycles. The van der Waals surface area contributed by atoms with E-state index < -0.39 is 0 Å². The van der Waals surface area contributed by atoms with Gasteiger partial charge >= 0.3 is 0 Å². The number of anilines is 1. The van der Waals surface area contributed by atoms with Crippen molar-refractivity contribution < 1.29 is 9.13 Å². The molecule has 0 saturated carbocycles. The number of hydrogen-bond donors (Lipinski definition) is 1. The molecule has 0 spiro atoms. The number of aromatic nitrogens is 2. The molecule has 1 aliphatic rings. The first-order valence-electron chi connectivity index (χ1n) is 5.91. The SMILES string of the molecule is COc1ccc(F)c(-n2nc(N)c3c2CCC3)c1. The van der Waals surface area contributed by atoms with Crippen LogP contribution in [0, 0.1) is 5.82 Å². The predicted octanol–water partition coefficient (Wildman–Crippen LogP) is 2.09. The molecule has 2 N–H and O–H groups in total. The molecule has 1 heterocycles. The average Bonchev–Trinajstić information content (AvgIpc) is 2.95. The second kappa shape index (κ2) is 4.01. The maximum Gasteiger partial charge on any atom is 0.149 e. The highest BCUT2D eigenvalue weighted by atomic mass is 19.1. The van der Waals surface area contributed by atoms with E-state index in [1.165, 1.54) is 6.07 Å². The molecule has 5 heteroatoms. The number of rotatable bonds is 2. The molecule has 2 aromatic rings. The van der Waals surface area contributed by atoms with Gasteiger partial charge in [0.1, 0.15) is 23.1 Å². The third kappa shape index (κ3) is 1.54. The second-order valence-corrected chi connectivity index (χ2v) is 4.39. The zero-order chi connectivity index (χ0) is 12.7. The van der Waals surface area contributed by atoms with Crippen LogP contribution >= 0.6 is 0 Å². The van der Waals surface area contributed by atoms with Gasteiger partial charge in [-0.2, -0.15) is 5.10 Å². The number of nitrogens with two attached hydrogens (primary N) is 1. The van der Waals surface area contributed by atoms with Crippen LogP contribution in [0.4, 0.5) is 10.2 Å². The molecule has 18 heavy (non-hydrogen) atoms. The van der Waals surface area contributed by atoms with Gasteiger partial charge in [0.2, 0.25) is 0 Å². The number of benzene rings is 1. The van der Waals surface area contributed by atoms with Gasteiger partial charge in [-0.25, -0.2) is 9.07 Å². The fourth-order valence-corrected chi connectivity index (χ4v) is 2.45. The monoisotopic (exact) mass is 247 g/mol. The standard InChI is InChI=1S/C13H14FN3O/c1-18-8-5-6-10(14)12(7-8)17-11-4-2-3-9(11)13(15)16-17/h5-7H,2-4H2,1H3,(H2,15,16). The fourth-order valence-electron chi connectivity index (χ4n) is 2.45. The van der Waals surface area contributed by atoms with Gasteiger partial charge in [-0.1, -0.05) is 0 Å². The Kier molecular flexibility index (Phi) is 2.47. The molecule has 3 rings (SSSR count). The summed E-state index contributed by atoms with van der Waals surface area (Å²) in [6.45, 7) is 0. The topological polar surface area (TPSA) is 53.1 Å². The summed E-state index contributed by atoms with van der Waals surface area (Å²) in [7, 11) is 1.55. The van der Waals surface area contributed by atoms with Gasteiger partial charge in [0.05, 0.1) is 7.11 Å². The van der Waals surface area contributed by atoms with Crippen molar-refractivity contribution in [3.63, 3.8) is 0 Å². The minimum Gasteiger partial charge on any atom is -0.497 e. The molecule has 94 valence electrons. The van der Waals surface area contributed by atoms with E-state index in [9.17, 15) is 4.39 Å². The maximum absolute atomic E-state index is 13.9. The molecule has 0 fully saturated rings. The van der Waals surface area contributed by atoms with E-state index in [0.717, 1.165) is 30.5 Å². The maximum atomic E-state index is 13.9. The van der Waals surface area contributed by atoms with Crippen LogP contribution in [0.5, 0.6) is 5.75 Å². The van der Waals surface area contributed by atoms with Crippen LogP contribution in [0.25, 0.3) is 5.69 Å². The summed E-state index contributed by atoms with van der Waals surface area (Å²) in [6, 6.07) is 4.61. The normalized spacial score (nSPS) is 13.7. The summed E-state index contributed by atoms with van der Waals surface area (Å²) in [5.41, 5.74) is 8.32. The van der Waals surface area contributed by atoms with Gasteiger partial charge in [-0.3, -0.25) is 0 Å². The predicted molar refractivity (Wildman–Crippen MR) is 66.5 cm³/mol. The highest BCUT2D eigenvalue weighted by Gasteiger charge is 2.23. The number of fused-ring (bicyclic) bond motifs is 1. The van der Waals surface area contributed by atoms with Crippen LogP contribution in [0.3, 0.4) is 0 Å². The Hall–Kier alpha value is -2.04. The van der Waals surface area contributed by atoms with E-state index >= 15 is 0 Å². The lowest BCUT2D eigenvalue weighted by molar-refractivity contribution is 0.413. The van der Waals surface area contributed by atoms with Crippen molar-refractivity contribution >= 4 is 5.82 Å². The van der Waals surface area contributed by atoms with Crippen LogP contribution in [0.2, 0.25) is 0 Å². The third-order valence-electron chi connectivity index (χ3n) is 3.34. The highest BCUT2D eigenvalue weighted by Crippen LogP contribution is 2.30. The Morgan fingerprint density at radius 3 is 3.00 bits per heavy atom. The molecular weight excluding hydrogens is 233 g/mol. The third-order valence-corrected chi connectivity index (χ3v) is 3.34. The zero-order valence-electron chi connectivity index (χ0n) is 10.1. The van der Waals surface area contributed by atoms with Crippen molar-refractivity contribution in [1.29, 1.82) is 0 Å². The largest absolute Gasteiger partial charge is 0.497 e. The molecule has 1 aromatic heterocycles. The Balaban J connectivity index is 2.18. The van der Waals surface area contributed by atoms with Gasteiger partial charge in [0.15, 0.2) is 0 Å².